The van der Waals surface area contributed by atoms with Gasteiger partial charge < -0.3 is 0 Å². The predicted molar refractivity (Wildman–Crippen MR) is 107 cm³/mol. The average Bonchev–Trinajstić information content (AvgIpc) is 3.12. The van der Waals surface area contributed by atoms with E-state index in [-0.39, 0.29) is 34.6 Å². The highest BCUT2D eigenvalue weighted by atomic mass is 35.5. The van der Waals surface area contributed by atoms with Gasteiger partial charge in [0, 0.05) is 24.0 Å². The molecule has 0 saturated heterocycles. The Morgan fingerprint density at radius 2 is 2.10 bits per heavy atom. The van der Waals surface area contributed by atoms with Crippen molar-refractivity contribution in [3.8, 4) is 0 Å². The lowest BCUT2D eigenvalue weighted by atomic mass is 10.2. The lowest BCUT2D eigenvalue weighted by Crippen LogP contribution is -2.35. The molecule has 0 fully saturated rings. The van der Waals surface area contributed by atoms with Crippen LogP contribution in [0, 0.1) is 5.82 Å². The highest BCUT2D eigenvalue weighted by Crippen LogP contribution is 2.32. The van der Waals surface area contributed by atoms with Crippen LogP contribution in [0.4, 0.5) is 9.52 Å². The van der Waals surface area contributed by atoms with Gasteiger partial charge in [0.1, 0.15) is 11.5 Å². The monoisotopic (exact) mass is 452 g/mol. The fraction of sp³-hybridized carbons (Fsp3) is 0.167. The molecule has 1 N–H and O–H groups in total. The van der Waals surface area contributed by atoms with Crippen LogP contribution in [-0.2, 0) is 23.0 Å². The van der Waals surface area contributed by atoms with Gasteiger partial charge >= 0.3 is 0 Å². The van der Waals surface area contributed by atoms with Crippen LogP contribution in [0.3, 0.4) is 0 Å². The highest BCUT2D eigenvalue weighted by Gasteiger charge is 2.31. The number of fused-ring (bicyclic) bond motifs is 1. The Labute approximate surface area is 175 Å². The summed E-state index contributed by atoms with van der Waals surface area (Å²) in [7, 11) is -3.84. The zero-order valence-corrected chi connectivity index (χ0v) is 17.2. The van der Waals surface area contributed by atoms with Gasteiger partial charge in [-0.05, 0) is 30.3 Å². The Morgan fingerprint density at radius 3 is 2.83 bits per heavy atom. The molecular weight excluding hydrogens is 439 g/mol. The van der Waals surface area contributed by atoms with E-state index in [0.717, 1.165) is 22.7 Å². The maximum Gasteiger partial charge on any atom is 0.276 e. The van der Waals surface area contributed by atoms with E-state index >= 15 is 0 Å². The van der Waals surface area contributed by atoms with Gasteiger partial charge in [-0.1, -0.05) is 17.7 Å². The summed E-state index contributed by atoms with van der Waals surface area (Å²) in [6.07, 6.45) is 1.92. The first-order valence-corrected chi connectivity index (χ1v) is 11.1. The number of amides is 1. The largest absolute Gasteiger partial charge is 0.296 e. The van der Waals surface area contributed by atoms with Crippen LogP contribution in [0.5, 0.6) is 0 Å². The third kappa shape index (κ3) is 4.01. The number of carbonyl (C=O) groups is 1. The van der Waals surface area contributed by atoms with Gasteiger partial charge in [0.15, 0.2) is 5.13 Å². The minimum Gasteiger partial charge on any atom is -0.296 e. The van der Waals surface area contributed by atoms with Crippen LogP contribution in [-0.4, -0.2) is 35.1 Å². The van der Waals surface area contributed by atoms with Crippen molar-refractivity contribution in [1.29, 1.82) is 0 Å². The number of hydrogen-bond donors (Lipinski definition) is 1. The minimum atomic E-state index is -3.84. The first-order chi connectivity index (χ1) is 13.8. The number of nitrogens with zero attached hydrogens (tertiary/aromatic N) is 3. The van der Waals surface area contributed by atoms with Gasteiger partial charge in [-0.3, -0.25) is 15.1 Å². The Hall–Kier alpha value is -2.40. The molecule has 4 rings (SSSR count). The van der Waals surface area contributed by atoms with Crippen molar-refractivity contribution < 1.29 is 17.6 Å². The number of anilines is 1. The summed E-state index contributed by atoms with van der Waals surface area (Å²) >= 11 is 6.95. The van der Waals surface area contributed by atoms with E-state index in [4.69, 9.17) is 11.6 Å². The first-order valence-electron chi connectivity index (χ1n) is 8.51. The summed E-state index contributed by atoms with van der Waals surface area (Å²) in [4.78, 5) is 21.3. The quantitative estimate of drug-likeness (QED) is 0.655. The lowest BCUT2D eigenvalue weighted by molar-refractivity contribution is 0.102. The van der Waals surface area contributed by atoms with E-state index < -0.39 is 15.8 Å². The van der Waals surface area contributed by atoms with Crippen molar-refractivity contribution >= 4 is 44.0 Å². The van der Waals surface area contributed by atoms with E-state index in [0.29, 0.717) is 11.6 Å². The van der Waals surface area contributed by atoms with Gasteiger partial charge in [-0.2, -0.15) is 4.31 Å². The van der Waals surface area contributed by atoms with Crippen molar-refractivity contribution in [3.05, 3.63) is 69.7 Å². The number of sulfonamides is 1. The number of aromatic nitrogens is 2. The topological polar surface area (TPSA) is 92.3 Å². The summed E-state index contributed by atoms with van der Waals surface area (Å²) in [5.41, 5.74) is 1.01. The zero-order valence-electron chi connectivity index (χ0n) is 14.8. The van der Waals surface area contributed by atoms with Gasteiger partial charge in [-0.25, -0.2) is 17.8 Å². The molecule has 0 atom stereocenters. The molecule has 11 heteroatoms. The standard InChI is InChI=1S/C18H14ClFN4O3S2/c19-12-9-11(4-5-13(12)20)29(26,27)24-8-6-14-16(10-24)28-18(22-14)23-17(25)15-3-1-2-7-21-15/h1-5,7,9H,6,8,10H2,(H,22,23,25). The minimum absolute atomic E-state index is 0.0689. The molecule has 3 heterocycles. The van der Waals surface area contributed by atoms with Crippen LogP contribution in [0.25, 0.3) is 0 Å². The second-order valence-electron chi connectivity index (χ2n) is 6.22. The molecule has 1 aliphatic rings. The number of hydrogen-bond acceptors (Lipinski definition) is 6. The third-order valence-corrected chi connectivity index (χ3v) is 7.47. The number of carbonyl (C=O) groups excluding carboxylic acids is 1. The number of thiazole rings is 1. The fourth-order valence-electron chi connectivity index (χ4n) is 2.88. The molecule has 7 nitrogen and oxygen atoms in total. The second kappa shape index (κ2) is 7.79. The Balaban J connectivity index is 1.53. The molecule has 1 aliphatic heterocycles. The molecular formula is C18H14ClFN4O3S2. The molecule has 0 radical (unpaired) electrons. The Kier molecular flexibility index (Phi) is 5.34. The summed E-state index contributed by atoms with van der Waals surface area (Å²) in [5.74, 6) is -1.07. The number of pyridine rings is 1. The molecule has 2 aromatic heterocycles. The molecule has 0 saturated carbocycles. The highest BCUT2D eigenvalue weighted by molar-refractivity contribution is 7.89. The fourth-order valence-corrected chi connectivity index (χ4v) is 5.66. The van der Waals surface area contributed by atoms with Crippen LogP contribution in [0.15, 0.2) is 47.5 Å². The molecule has 1 amide bonds. The number of halogens is 2. The summed E-state index contributed by atoms with van der Waals surface area (Å²) in [5, 5.41) is 2.83. The smallest absolute Gasteiger partial charge is 0.276 e. The van der Waals surface area contributed by atoms with Gasteiger partial charge in [-0.15, -0.1) is 11.3 Å². The number of benzene rings is 1. The molecule has 0 unspecified atom stereocenters. The van der Waals surface area contributed by atoms with E-state index in [1.54, 1.807) is 18.2 Å². The third-order valence-electron chi connectivity index (χ3n) is 4.34. The van der Waals surface area contributed by atoms with Crippen molar-refractivity contribution in [3.63, 3.8) is 0 Å². The van der Waals surface area contributed by atoms with Crippen LogP contribution in [0.1, 0.15) is 21.1 Å². The van der Waals surface area contributed by atoms with Crippen molar-refractivity contribution in [2.24, 2.45) is 0 Å². The van der Waals surface area contributed by atoms with Gasteiger partial charge in [0.25, 0.3) is 5.91 Å². The zero-order chi connectivity index (χ0) is 20.6. The maximum absolute atomic E-state index is 13.4. The van der Waals surface area contributed by atoms with Crippen LogP contribution < -0.4 is 5.32 Å². The van der Waals surface area contributed by atoms with Crippen LogP contribution >= 0.6 is 22.9 Å². The molecule has 150 valence electrons. The van der Waals surface area contributed by atoms with Gasteiger partial charge in [0.05, 0.1) is 22.2 Å². The second-order valence-corrected chi connectivity index (χ2v) is 9.65. The van der Waals surface area contributed by atoms with Crippen molar-refractivity contribution in [1.82, 2.24) is 14.3 Å². The van der Waals surface area contributed by atoms with Crippen molar-refractivity contribution in [2.75, 3.05) is 11.9 Å². The maximum atomic E-state index is 13.4. The Bertz CT molecular complexity index is 1190. The van der Waals surface area contributed by atoms with E-state index in [1.165, 1.54) is 27.9 Å². The SMILES string of the molecule is O=C(Nc1nc2c(s1)CN(S(=O)(=O)c1ccc(F)c(Cl)c1)CC2)c1ccccn1. The number of nitrogens with one attached hydrogen (secondary N) is 1. The Morgan fingerprint density at radius 1 is 1.28 bits per heavy atom. The normalized spacial score (nSPS) is 14.4. The number of rotatable bonds is 4. The first kappa shape index (κ1) is 19.9. The molecule has 3 aromatic rings. The lowest BCUT2D eigenvalue weighted by Gasteiger charge is -2.25. The van der Waals surface area contributed by atoms with Gasteiger partial charge in [0.2, 0.25) is 10.0 Å². The summed E-state index contributed by atoms with van der Waals surface area (Å²) in [6.45, 7) is 0.339. The van der Waals surface area contributed by atoms with E-state index in [1.807, 2.05) is 0 Å². The van der Waals surface area contributed by atoms with Crippen LogP contribution in [0.2, 0.25) is 5.02 Å². The molecule has 29 heavy (non-hydrogen) atoms. The molecule has 0 spiro atoms. The predicted octanol–water partition coefficient (Wildman–Crippen LogP) is 3.33. The molecule has 0 bridgehead atoms. The van der Waals surface area contributed by atoms with E-state index in [9.17, 15) is 17.6 Å². The summed E-state index contributed by atoms with van der Waals surface area (Å²) < 4.78 is 40.4. The van der Waals surface area contributed by atoms with E-state index in [2.05, 4.69) is 15.3 Å². The average molecular weight is 453 g/mol. The molecule has 0 aliphatic carbocycles. The summed E-state index contributed by atoms with van der Waals surface area (Å²) in [6, 6.07) is 8.33. The van der Waals surface area contributed by atoms with Crippen molar-refractivity contribution in [2.45, 2.75) is 17.9 Å². The molecule has 1 aromatic carbocycles.